The molecule has 2 rings (SSSR count). The number of amides is 1. The van der Waals surface area contributed by atoms with E-state index < -0.39 is 0 Å². The number of benzene rings is 2. The van der Waals surface area contributed by atoms with Crippen molar-refractivity contribution in [1.29, 1.82) is 0 Å². The van der Waals surface area contributed by atoms with Gasteiger partial charge >= 0.3 is 0 Å². The van der Waals surface area contributed by atoms with Crippen LogP contribution in [0.25, 0.3) is 6.08 Å². The maximum absolute atomic E-state index is 11.8. The quantitative estimate of drug-likeness (QED) is 0.832. The monoisotopic (exact) mass is 321 g/mol. The Hall–Kier alpha value is -1.97. The van der Waals surface area contributed by atoms with Crippen LogP contribution in [0.5, 0.6) is 5.75 Å². The molecule has 5 heteroatoms. The largest absolute Gasteiger partial charge is 0.495 e. The first-order valence-electron chi connectivity index (χ1n) is 6.16. The summed E-state index contributed by atoms with van der Waals surface area (Å²) in [6, 6.07) is 12.2. The van der Waals surface area contributed by atoms with Gasteiger partial charge in [-0.3, -0.25) is 4.79 Å². The van der Waals surface area contributed by atoms with Crippen LogP contribution in [-0.2, 0) is 4.79 Å². The first kappa shape index (κ1) is 15.4. The Morgan fingerprint density at radius 2 is 1.86 bits per heavy atom. The molecule has 0 aromatic heterocycles. The third kappa shape index (κ3) is 4.52. The van der Waals surface area contributed by atoms with Crippen LogP contribution in [0, 0.1) is 0 Å². The molecule has 0 aliphatic rings. The molecule has 2 aromatic rings. The molecule has 0 spiro atoms. The molecule has 2 aromatic carbocycles. The van der Waals surface area contributed by atoms with E-state index in [4.69, 9.17) is 27.9 Å². The Labute approximate surface area is 133 Å². The summed E-state index contributed by atoms with van der Waals surface area (Å²) in [5.74, 6) is 0.317. The van der Waals surface area contributed by atoms with Crippen LogP contribution in [0.2, 0.25) is 10.0 Å². The van der Waals surface area contributed by atoms with E-state index in [9.17, 15) is 4.79 Å². The van der Waals surface area contributed by atoms with Gasteiger partial charge in [-0.25, -0.2) is 0 Å². The highest BCUT2D eigenvalue weighted by Crippen LogP contribution is 2.27. The van der Waals surface area contributed by atoms with Crippen molar-refractivity contribution in [2.45, 2.75) is 0 Å². The number of hydrogen-bond donors (Lipinski definition) is 1. The highest BCUT2D eigenvalue weighted by atomic mass is 35.5. The molecule has 0 unspecified atom stereocenters. The van der Waals surface area contributed by atoms with Gasteiger partial charge in [0.2, 0.25) is 5.91 Å². The van der Waals surface area contributed by atoms with Gasteiger partial charge in [-0.05, 0) is 42.0 Å². The van der Waals surface area contributed by atoms with Crippen molar-refractivity contribution in [3.63, 3.8) is 0 Å². The van der Waals surface area contributed by atoms with Gasteiger partial charge in [-0.1, -0.05) is 35.3 Å². The maximum atomic E-state index is 11.8. The van der Waals surface area contributed by atoms with E-state index in [0.717, 1.165) is 5.56 Å². The first-order valence-corrected chi connectivity index (χ1v) is 6.92. The van der Waals surface area contributed by atoms with Crippen molar-refractivity contribution in [1.82, 2.24) is 0 Å². The third-order valence-corrected chi connectivity index (χ3v) is 3.26. The minimum atomic E-state index is -0.244. The molecule has 1 N–H and O–H groups in total. The summed E-state index contributed by atoms with van der Waals surface area (Å²) in [6.07, 6.45) is 3.15. The lowest BCUT2D eigenvalue weighted by Gasteiger charge is -2.06. The maximum Gasteiger partial charge on any atom is 0.248 e. The summed E-state index contributed by atoms with van der Waals surface area (Å²) in [5, 5.41) is 3.82. The second-order valence-electron chi connectivity index (χ2n) is 4.22. The molecule has 0 aliphatic carbocycles. The second kappa shape index (κ2) is 7.16. The van der Waals surface area contributed by atoms with Gasteiger partial charge in [0.25, 0.3) is 0 Å². The van der Waals surface area contributed by atoms with E-state index in [2.05, 4.69) is 5.32 Å². The van der Waals surface area contributed by atoms with E-state index in [0.29, 0.717) is 21.5 Å². The van der Waals surface area contributed by atoms with Crippen LogP contribution in [0.1, 0.15) is 5.56 Å². The van der Waals surface area contributed by atoms with Crippen molar-refractivity contribution >= 4 is 40.9 Å². The third-order valence-electron chi connectivity index (χ3n) is 2.72. The molecule has 1 amide bonds. The Morgan fingerprint density at radius 1 is 1.14 bits per heavy atom. The SMILES string of the molecule is COc1ccc(NC(=O)/C=C/c2ccc(Cl)cc2)cc1Cl. The average Bonchev–Trinajstić information content (AvgIpc) is 2.47. The van der Waals surface area contributed by atoms with E-state index in [1.165, 1.54) is 13.2 Å². The second-order valence-corrected chi connectivity index (χ2v) is 5.07. The molecule has 0 radical (unpaired) electrons. The summed E-state index contributed by atoms with van der Waals surface area (Å²) in [4.78, 5) is 11.8. The van der Waals surface area contributed by atoms with E-state index in [1.807, 2.05) is 12.1 Å². The summed E-state index contributed by atoms with van der Waals surface area (Å²) >= 11 is 11.8. The molecule has 0 bridgehead atoms. The average molecular weight is 322 g/mol. The fourth-order valence-electron chi connectivity index (χ4n) is 1.67. The van der Waals surface area contributed by atoms with Crippen LogP contribution in [0.3, 0.4) is 0 Å². The Kier molecular flexibility index (Phi) is 5.26. The number of halogens is 2. The van der Waals surface area contributed by atoms with Crippen LogP contribution in [-0.4, -0.2) is 13.0 Å². The highest BCUT2D eigenvalue weighted by molar-refractivity contribution is 6.32. The summed E-state index contributed by atoms with van der Waals surface area (Å²) in [7, 11) is 1.54. The molecule has 21 heavy (non-hydrogen) atoms. The standard InChI is InChI=1S/C16H13Cl2NO2/c1-21-15-8-7-13(10-14(15)18)19-16(20)9-4-11-2-5-12(17)6-3-11/h2-10H,1H3,(H,19,20)/b9-4+. The zero-order valence-electron chi connectivity index (χ0n) is 11.3. The van der Waals surface area contributed by atoms with Crippen molar-refractivity contribution in [2.24, 2.45) is 0 Å². The molecule has 108 valence electrons. The summed E-state index contributed by atoms with van der Waals surface area (Å²) in [6.45, 7) is 0. The molecule has 0 fully saturated rings. The Bertz CT molecular complexity index is 666. The lowest BCUT2D eigenvalue weighted by molar-refractivity contribution is -0.111. The fourth-order valence-corrected chi connectivity index (χ4v) is 2.06. The lowest BCUT2D eigenvalue weighted by Crippen LogP contribution is -2.07. The molecule has 3 nitrogen and oxygen atoms in total. The van der Waals surface area contributed by atoms with Gasteiger partial charge in [-0.15, -0.1) is 0 Å². The summed E-state index contributed by atoms with van der Waals surface area (Å²) < 4.78 is 5.05. The van der Waals surface area contributed by atoms with Crippen LogP contribution in [0.4, 0.5) is 5.69 Å². The van der Waals surface area contributed by atoms with Crippen molar-refractivity contribution in [3.05, 3.63) is 64.1 Å². The van der Waals surface area contributed by atoms with Crippen molar-refractivity contribution in [2.75, 3.05) is 12.4 Å². The lowest BCUT2D eigenvalue weighted by atomic mass is 10.2. The van der Waals surface area contributed by atoms with Gasteiger partial charge in [0.15, 0.2) is 0 Å². The van der Waals surface area contributed by atoms with Gasteiger partial charge in [-0.2, -0.15) is 0 Å². The van der Waals surface area contributed by atoms with Crippen LogP contribution < -0.4 is 10.1 Å². The highest BCUT2D eigenvalue weighted by Gasteiger charge is 2.03. The molecule has 0 aliphatic heterocycles. The predicted molar refractivity (Wildman–Crippen MR) is 87.1 cm³/mol. The molecule has 0 heterocycles. The number of anilines is 1. The van der Waals surface area contributed by atoms with Gasteiger partial charge in [0, 0.05) is 16.8 Å². The minimum absolute atomic E-state index is 0.244. The Morgan fingerprint density at radius 3 is 2.48 bits per heavy atom. The first-order chi connectivity index (χ1) is 10.1. The normalized spacial score (nSPS) is 10.6. The molecular formula is C16H13Cl2NO2. The fraction of sp³-hybridized carbons (Fsp3) is 0.0625. The zero-order valence-corrected chi connectivity index (χ0v) is 12.8. The van der Waals surface area contributed by atoms with Gasteiger partial charge in [0.1, 0.15) is 5.75 Å². The van der Waals surface area contributed by atoms with E-state index in [1.54, 1.807) is 36.4 Å². The van der Waals surface area contributed by atoms with Gasteiger partial charge < -0.3 is 10.1 Å². The number of ether oxygens (including phenoxy) is 1. The van der Waals surface area contributed by atoms with Crippen molar-refractivity contribution < 1.29 is 9.53 Å². The van der Waals surface area contributed by atoms with Crippen LogP contribution in [0.15, 0.2) is 48.5 Å². The number of nitrogens with one attached hydrogen (secondary N) is 1. The molecular weight excluding hydrogens is 309 g/mol. The number of methoxy groups -OCH3 is 1. The number of carbonyl (C=O) groups excluding carboxylic acids is 1. The topological polar surface area (TPSA) is 38.3 Å². The molecule has 0 saturated carbocycles. The molecule has 0 saturated heterocycles. The van der Waals surface area contributed by atoms with Crippen molar-refractivity contribution in [3.8, 4) is 5.75 Å². The summed E-state index contributed by atoms with van der Waals surface area (Å²) in [5.41, 5.74) is 1.49. The smallest absolute Gasteiger partial charge is 0.248 e. The number of carbonyl (C=O) groups is 1. The number of hydrogen-bond acceptors (Lipinski definition) is 2. The van der Waals surface area contributed by atoms with Crippen LogP contribution >= 0.6 is 23.2 Å². The molecule has 0 atom stereocenters. The number of rotatable bonds is 4. The zero-order chi connectivity index (χ0) is 15.2. The Balaban J connectivity index is 2.01. The minimum Gasteiger partial charge on any atom is -0.495 e. The van der Waals surface area contributed by atoms with Gasteiger partial charge in [0.05, 0.1) is 12.1 Å². The van der Waals surface area contributed by atoms with E-state index >= 15 is 0 Å². The predicted octanol–water partition coefficient (Wildman–Crippen LogP) is 4.65. The van der Waals surface area contributed by atoms with E-state index in [-0.39, 0.29) is 5.91 Å².